The predicted molar refractivity (Wildman–Crippen MR) is 77.6 cm³/mol. The quantitative estimate of drug-likeness (QED) is 0.915. The molecule has 3 nitrogen and oxygen atoms in total. The van der Waals surface area contributed by atoms with Gasteiger partial charge in [0.05, 0.1) is 14.2 Å². The standard InChI is InChI=1S/C16H19NO2/c1-11-7-8-12(10-17)14(9-11)13-5-4-6-15(18-2)16(13)19-3/h4-9H,10,17H2,1-3H3. The van der Waals surface area contributed by atoms with Crippen molar-refractivity contribution in [1.82, 2.24) is 0 Å². The highest BCUT2D eigenvalue weighted by Gasteiger charge is 2.13. The first-order chi connectivity index (χ1) is 9.21. The lowest BCUT2D eigenvalue weighted by Crippen LogP contribution is -2.01. The van der Waals surface area contributed by atoms with Crippen LogP contribution in [0.1, 0.15) is 11.1 Å². The third kappa shape index (κ3) is 2.56. The number of para-hydroxylation sites is 1. The van der Waals surface area contributed by atoms with Gasteiger partial charge in [-0.3, -0.25) is 0 Å². The maximum absolute atomic E-state index is 5.83. The summed E-state index contributed by atoms with van der Waals surface area (Å²) >= 11 is 0. The second-order valence-corrected chi connectivity index (χ2v) is 4.41. The molecule has 19 heavy (non-hydrogen) atoms. The molecule has 0 aliphatic rings. The second kappa shape index (κ2) is 5.76. The van der Waals surface area contributed by atoms with E-state index in [0.717, 1.165) is 28.2 Å². The highest BCUT2D eigenvalue weighted by atomic mass is 16.5. The Labute approximate surface area is 114 Å². The fraction of sp³-hybridized carbons (Fsp3) is 0.250. The minimum atomic E-state index is 0.496. The summed E-state index contributed by atoms with van der Waals surface area (Å²) in [5, 5.41) is 0. The number of benzene rings is 2. The van der Waals surface area contributed by atoms with Crippen molar-refractivity contribution in [2.45, 2.75) is 13.5 Å². The lowest BCUT2D eigenvalue weighted by atomic mass is 9.96. The molecule has 0 radical (unpaired) electrons. The zero-order valence-corrected chi connectivity index (χ0v) is 11.6. The van der Waals surface area contributed by atoms with Gasteiger partial charge in [0, 0.05) is 12.1 Å². The van der Waals surface area contributed by atoms with Gasteiger partial charge in [-0.25, -0.2) is 0 Å². The van der Waals surface area contributed by atoms with Crippen LogP contribution in [0.3, 0.4) is 0 Å². The zero-order valence-electron chi connectivity index (χ0n) is 11.6. The lowest BCUT2D eigenvalue weighted by Gasteiger charge is -2.15. The maximum Gasteiger partial charge on any atom is 0.168 e. The number of nitrogens with two attached hydrogens (primary N) is 1. The van der Waals surface area contributed by atoms with Crippen LogP contribution in [0.5, 0.6) is 11.5 Å². The van der Waals surface area contributed by atoms with Gasteiger partial charge in [0.1, 0.15) is 0 Å². The monoisotopic (exact) mass is 257 g/mol. The number of hydrogen-bond donors (Lipinski definition) is 1. The fourth-order valence-corrected chi connectivity index (χ4v) is 2.22. The van der Waals surface area contributed by atoms with Crippen molar-refractivity contribution in [3.8, 4) is 22.6 Å². The van der Waals surface area contributed by atoms with Gasteiger partial charge >= 0.3 is 0 Å². The first-order valence-corrected chi connectivity index (χ1v) is 6.22. The summed E-state index contributed by atoms with van der Waals surface area (Å²) in [6.45, 7) is 2.56. The van der Waals surface area contributed by atoms with Crippen LogP contribution >= 0.6 is 0 Å². The largest absolute Gasteiger partial charge is 0.493 e. The minimum absolute atomic E-state index is 0.496. The molecule has 0 aliphatic carbocycles. The summed E-state index contributed by atoms with van der Waals surface area (Å²) in [6, 6.07) is 12.1. The highest BCUT2D eigenvalue weighted by molar-refractivity contribution is 5.76. The summed E-state index contributed by atoms with van der Waals surface area (Å²) in [5.41, 5.74) is 10.2. The average Bonchev–Trinajstić information content (AvgIpc) is 2.46. The molecular weight excluding hydrogens is 238 g/mol. The summed E-state index contributed by atoms with van der Waals surface area (Å²) < 4.78 is 10.8. The number of ether oxygens (including phenoxy) is 2. The van der Waals surface area contributed by atoms with Crippen LogP contribution in [0.15, 0.2) is 36.4 Å². The van der Waals surface area contributed by atoms with E-state index in [9.17, 15) is 0 Å². The molecule has 3 heteroatoms. The van der Waals surface area contributed by atoms with Crippen molar-refractivity contribution in [3.05, 3.63) is 47.5 Å². The number of aryl methyl sites for hydroxylation is 1. The molecule has 0 amide bonds. The Morgan fingerprint density at radius 3 is 2.42 bits per heavy atom. The molecule has 100 valence electrons. The van der Waals surface area contributed by atoms with Gasteiger partial charge in [0.25, 0.3) is 0 Å². The molecule has 0 saturated heterocycles. The van der Waals surface area contributed by atoms with E-state index in [2.05, 4.69) is 25.1 Å². The molecule has 0 bridgehead atoms. The Bertz CT molecular complexity index is 579. The van der Waals surface area contributed by atoms with Crippen molar-refractivity contribution < 1.29 is 9.47 Å². The van der Waals surface area contributed by atoms with Gasteiger partial charge in [-0.2, -0.15) is 0 Å². The van der Waals surface area contributed by atoms with Crippen molar-refractivity contribution in [2.75, 3.05) is 14.2 Å². The smallest absolute Gasteiger partial charge is 0.168 e. The van der Waals surface area contributed by atoms with Crippen LogP contribution in [0.4, 0.5) is 0 Å². The van der Waals surface area contributed by atoms with Gasteiger partial charge in [-0.1, -0.05) is 35.9 Å². The van der Waals surface area contributed by atoms with E-state index in [-0.39, 0.29) is 0 Å². The molecule has 2 aromatic carbocycles. The Kier molecular flexibility index (Phi) is 4.07. The molecule has 0 atom stereocenters. The summed E-state index contributed by atoms with van der Waals surface area (Å²) in [6.07, 6.45) is 0. The molecule has 0 aliphatic heterocycles. The van der Waals surface area contributed by atoms with Gasteiger partial charge in [-0.05, 0) is 24.1 Å². The highest BCUT2D eigenvalue weighted by Crippen LogP contribution is 2.39. The SMILES string of the molecule is COc1cccc(-c2cc(C)ccc2CN)c1OC. The van der Waals surface area contributed by atoms with E-state index in [1.807, 2.05) is 18.2 Å². The van der Waals surface area contributed by atoms with Crippen molar-refractivity contribution in [2.24, 2.45) is 5.73 Å². The number of methoxy groups -OCH3 is 2. The van der Waals surface area contributed by atoms with Crippen LogP contribution in [-0.4, -0.2) is 14.2 Å². The van der Waals surface area contributed by atoms with Crippen LogP contribution in [-0.2, 0) is 6.54 Å². The van der Waals surface area contributed by atoms with Crippen LogP contribution in [0.25, 0.3) is 11.1 Å². The zero-order chi connectivity index (χ0) is 13.8. The predicted octanol–water partition coefficient (Wildman–Crippen LogP) is 3.14. The first kappa shape index (κ1) is 13.4. The first-order valence-electron chi connectivity index (χ1n) is 6.22. The molecule has 2 rings (SSSR count). The number of hydrogen-bond acceptors (Lipinski definition) is 3. The molecule has 0 unspecified atom stereocenters. The molecule has 2 aromatic rings. The van der Waals surface area contributed by atoms with Crippen molar-refractivity contribution in [1.29, 1.82) is 0 Å². The fourth-order valence-electron chi connectivity index (χ4n) is 2.22. The molecule has 0 fully saturated rings. The molecular formula is C16H19NO2. The number of rotatable bonds is 4. The van der Waals surface area contributed by atoms with E-state index in [1.54, 1.807) is 14.2 Å². The Hall–Kier alpha value is -2.00. The average molecular weight is 257 g/mol. The van der Waals surface area contributed by atoms with Gasteiger partial charge < -0.3 is 15.2 Å². The van der Waals surface area contributed by atoms with E-state index in [0.29, 0.717) is 6.54 Å². The van der Waals surface area contributed by atoms with Crippen LogP contribution in [0, 0.1) is 6.92 Å². The maximum atomic E-state index is 5.83. The minimum Gasteiger partial charge on any atom is -0.493 e. The topological polar surface area (TPSA) is 44.5 Å². The summed E-state index contributed by atoms with van der Waals surface area (Å²) in [5.74, 6) is 1.47. The molecule has 2 N–H and O–H groups in total. The second-order valence-electron chi connectivity index (χ2n) is 4.41. The summed E-state index contributed by atoms with van der Waals surface area (Å²) in [7, 11) is 3.29. The van der Waals surface area contributed by atoms with E-state index in [1.165, 1.54) is 5.56 Å². The van der Waals surface area contributed by atoms with Gasteiger partial charge in [-0.15, -0.1) is 0 Å². The molecule has 0 heterocycles. The lowest BCUT2D eigenvalue weighted by molar-refractivity contribution is 0.356. The Morgan fingerprint density at radius 1 is 1.00 bits per heavy atom. The third-order valence-electron chi connectivity index (χ3n) is 3.18. The van der Waals surface area contributed by atoms with E-state index >= 15 is 0 Å². The van der Waals surface area contributed by atoms with E-state index < -0.39 is 0 Å². The van der Waals surface area contributed by atoms with Gasteiger partial charge in [0.15, 0.2) is 11.5 Å². The normalized spacial score (nSPS) is 10.3. The van der Waals surface area contributed by atoms with Gasteiger partial charge in [0.2, 0.25) is 0 Å². The Morgan fingerprint density at radius 2 is 1.79 bits per heavy atom. The van der Waals surface area contributed by atoms with Crippen LogP contribution in [0.2, 0.25) is 0 Å². The third-order valence-corrected chi connectivity index (χ3v) is 3.18. The Balaban J connectivity index is 2.67. The molecule has 0 aromatic heterocycles. The van der Waals surface area contributed by atoms with Crippen molar-refractivity contribution >= 4 is 0 Å². The molecule has 0 spiro atoms. The van der Waals surface area contributed by atoms with Crippen LogP contribution < -0.4 is 15.2 Å². The van der Waals surface area contributed by atoms with E-state index in [4.69, 9.17) is 15.2 Å². The summed E-state index contributed by atoms with van der Waals surface area (Å²) in [4.78, 5) is 0. The molecule has 0 saturated carbocycles. The van der Waals surface area contributed by atoms with Crippen molar-refractivity contribution in [3.63, 3.8) is 0 Å².